The summed E-state index contributed by atoms with van der Waals surface area (Å²) in [6.07, 6.45) is 0.940. The lowest BCUT2D eigenvalue weighted by molar-refractivity contribution is 0.0358. The number of aromatic nitrogens is 1. The predicted octanol–water partition coefficient (Wildman–Crippen LogP) is 4.06. The fraction of sp³-hybridized carbons (Fsp3) is 0.423. The van der Waals surface area contributed by atoms with E-state index in [2.05, 4.69) is 20.3 Å². The van der Waals surface area contributed by atoms with Crippen molar-refractivity contribution in [1.82, 2.24) is 9.47 Å². The third kappa shape index (κ3) is 5.78. The van der Waals surface area contributed by atoms with Gasteiger partial charge in [-0.15, -0.1) is 0 Å². The van der Waals surface area contributed by atoms with E-state index in [1.165, 1.54) is 0 Å². The van der Waals surface area contributed by atoms with Crippen LogP contribution in [0, 0.1) is 11.3 Å². The molecule has 0 bridgehead atoms. The van der Waals surface area contributed by atoms with Gasteiger partial charge in [0.1, 0.15) is 11.8 Å². The van der Waals surface area contributed by atoms with Crippen LogP contribution in [0.3, 0.4) is 0 Å². The monoisotopic (exact) mass is 496 g/mol. The zero-order valence-corrected chi connectivity index (χ0v) is 21.1. The molecule has 186 valence electrons. The van der Waals surface area contributed by atoms with E-state index in [9.17, 15) is 13.7 Å². The van der Waals surface area contributed by atoms with E-state index >= 15 is 0 Å². The minimum Gasteiger partial charge on any atom is -0.493 e. The number of fused-ring (bicyclic) bond motifs is 1. The van der Waals surface area contributed by atoms with Gasteiger partial charge in [-0.25, -0.2) is 8.42 Å². The van der Waals surface area contributed by atoms with Crippen molar-refractivity contribution in [3.05, 3.63) is 48.0 Å². The minimum absolute atomic E-state index is 0.00896. The Hall–Kier alpha value is -3.06. The summed E-state index contributed by atoms with van der Waals surface area (Å²) < 4.78 is 39.9. The van der Waals surface area contributed by atoms with Gasteiger partial charge in [-0.2, -0.15) is 5.26 Å². The second-order valence-electron chi connectivity index (χ2n) is 8.50. The Balaban J connectivity index is 1.56. The maximum atomic E-state index is 11.9. The number of rotatable bonds is 10. The Morgan fingerprint density at radius 2 is 1.86 bits per heavy atom. The predicted molar refractivity (Wildman–Crippen MR) is 138 cm³/mol. The van der Waals surface area contributed by atoms with E-state index in [1.54, 1.807) is 19.1 Å². The zero-order valence-electron chi connectivity index (χ0n) is 20.3. The molecule has 1 saturated heterocycles. The molecular weight excluding hydrogens is 464 g/mol. The summed E-state index contributed by atoms with van der Waals surface area (Å²) in [7, 11) is -3.35. The Kier molecular flexibility index (Phi) is 7.96. The Bertz CT molecular complexity index is 1300. The van der Waals surface area contributed by atoms with Crippen molar-refractivity contribution >= 4 is 26.6 Å². The van der Waals surface area contributed by atoms with Crippen molar-refractivity contribution in [2.45, 2.75) is 26.8 Å². The van der Waals surface area contributed by atoms with Gasteiger partial charge in [0.2, 0.25) is 10.0 Å². The van der Waals surface area contributed by atoms with E-state index in [1.807, 2.05) is 37.3 Å². The lowest BCUT2D eigenvalue weighted by atomic mass is 10.1. The van der Waals surface area contributed by atoms with Crippen LogP contribution in [0.2, 0.25) is 0 Å². The number of ether oxygens (including phenoxy) is 2. The van der Waals surface area contributed by atoms with Crippen molar-refractivity contribution in [1.29, 1.82) is 5.26 Å². The topological polar surface area (TPSA) is 96.6 Å². The van der Waals surface area contributed by atoms with Crippen molar-refractivity contribution in [3.8, 4) is 23.1 Å². The number of hydrogen-bond donors (Lipinski definition) is 1. The first kappa shape index (κ1) is 25.0. The molecular formula is C26H32N4O4S. The van der Waals surface area contributed by atoms with Gasteiger partial charge in [0.15, 0.2) is 0 Å². The SMILES string of the molecule is CCn1c(-c2ccc(NS(=O)(=O)CC)cc2)c(C#N)c2ccc(OCCCN3CCOCC3)cc21. The fourth-order valence-electron chi connectivity index (χ4n) is 4.41. The van der Waals surface area contributed by atoms with E-state index in [0.29, 0.717) is 24.4 Å². The van der Waals surface area contributed by atoms with Crippen LogP contribution in [0.15, 0.2) is 42.5 Å². The quantitative estimate of drug-likeness (QED) is 0.425. The summed E-state index contributed by atoms with van der Waals surface area (Å²) in [5.41, 5.74) is 3.72. The summed E-state index contributed by atoms with van der Waals surface area (Å²) in [6.45, 7) is 9.48. The van der Waals surface area contributed by atoms with Gasteiger partial charge in [-0.3, -0.25) is 9.62 Å². The molecule has 1 N–H and O–H groups in total. The van der Waals surface area contributed by atoms with Crippen LogP contribution < -0.4 is 9.46 Å². The molecule has 8 nitrogen and oxygen atoms in total. The summed E-state index contributed by atoms with van der Waals surface area (Å²) in [4.78, 5) is 2.39. The van der Waals surface area contributed by atoms with Crippen LogP contribution in [0.25, 0.3) is 22.2 Å². The maximum Gasteiger partial charge on any atom is 0.232 e. The molecule has 0 unspecified atom stereocenters. The molecule has 0 spiro atoms. The van der Waals surface area contributed by atoms with Gasteiger partial charge in [0.05, 0.1) is 42.3 Å². The highest BCUT2D eigenvalue weighted by Crippen LogP contribution is 2.35. The molecule has 4 rings (SSSR count). The molecule has 35 heavy (non-hydrogen) atoms. The molecule has 2 heterocycles. The number of benzene rings is 2. The highest BCUT2D eigenvalue weighted by atomic mass is 32.2. The highest BCUT2D eigenvalue weighted by molar-refractivity contribution is 7.92. The number of nitriles is 1. The number of nitrogens with zero attached hydrogens (tertiary/aromatic N) is 3. The van der Waals surface area contributed by atoms with Gasteiger partial charge in [-0.1, -0.05) is 12.1 Å². The summed E-state index contributed by atoms with van der Waals surface area (Å²) in [6, 6.07) is 15.4. The van der Waals surface area contributed by atoms with Gasteiger partial charge < -0.3 is 14.0 Å². The maximum absolute atomic E-state index is 11.9. The standard InChI is InChI=1S/C26H32N4O4S/c1-3-30-25-18-22(34-15-5-12-29-13-16-33-17-14-29)10-11-23(25)24(19-27)26(30)20-6-8-21(9-7-20)28-35(31,32)4-2/h6-11,18,28H,3-5,12-17H2,1-2H3. The van der Waals surface area contributed by atoms with E-state index in [-0.39, 0.29) is 5.75 Å². The van der Waals surface area contributed by atoms with Crippen LogP contribution in [0.4, 0.5) is 5.69 Å². The first-order valence-corrected chi connectivity index (χ1v) is 13.7. The third-order valence-electron chi connectivity index (χ3n) is 6.27. The van der Waals surface area contributed by atoms with Crippen molar-refractivity contribution in [2.24, 2.45) is 0 Å². The highest BCUT2D eigenvalue weighted by Gasteiger charge is 2.19. The smallest absolute Gasteiger partial charge is 0.232 e. The summed E-state index contributed by atoms with van der Waals surface area (Å²) >= 11 is 0. The zero-order chi connectivity index (χ0) is 24.8. The van der Waals surface area contributed by atoms with Crippen LogP contribution in [-0.4, -0.2) is 63.1 Å². The number of sulfonamides is 1. The average Bonchev–Trinajstić information content (AvgIpc) is 3.20. The number of hydrogen-bond acceptors (Lipinski definition) is 6. The summed E-state index contributed by atoms with van der Waals surface area (Å²) in [5.74, 6) is 0.793. The third-order valence-corrected chi connectivity index (χ3v) is 7.57. The Morgan fingerprint density at radius 1 is 1.11 bits per heavy atom. The fourth-order valence-corrected chi connectivity index (χ4v) is 5.05. The lowest BCUT2D eigenvalue weighted by Gasteiger charge is -2.26. The Morgan fingerprint density at radius 3 is 2.51 bits per heavy atom. The molecule has 0 aliphatic carbocycles. The van der Waals surface area contributed by atoms with E-state index < -0.39 is 10.0 Å². The molecule has 9 heteroatoms. The molecule has 3 aromatic rings. The van der Waals surface area contributed by atoms with Crippen LogP contribution in [0.1, 0.15) is 25.8 Å². The number of anilines is 1. The average molecular weight is 497 g/mol. The number of morpholine rings is 1. The molecule has 1 aliphatic rings. The van der Waals surface area contributed by atoms with Crippen molar-refractivity contribution < 1.29 is 17.9 Å². The first-order valence-electron chi connectivity index (χ1n) is 12.1. The van der Waals surface area contributed by atoms with Crippen LogP contribution in [0.5, 0.6) is 5.75 Å². The molecule has 1 aliphatic heterocycles. The normalized spacial score (nSPS) is 14.7. The van der Waals surface area contributed by atoms with Gasteiger partial charge >= 0.3 is 0 Å². The second-order valence-corrected chi connectivity index (χ2v) is 10.5. The number of aryl methyl sites for hydroxylation is 1. The first-order chi connectivity index (χ1) is 17.0. The second kappa shape index (κ2) is 11.1. The van der Waals surface area contributed by atoms with Crippen LogP contribution >= 0.6 is 0 Å². The van der Waals surface area contributed by atoms with Crippen molar-refractivity contribution in [3.63, 3.8) is 0 Å². The van der Waals surface area contributed by atoms with Crippen molar-refractivity contribution in [2.75, 3.05) is 49.9 Å². The molecule has 2 aromatic carbocycles. The largest absolute Gasteiger partial charge is 0.493 e. The Labute approximate surface area is 207 Å². The number of nitrogens with one attached hydrogen (secondary N) is 1. The molecule has 0 atom stereocenters. The molecule has 0 amide bonds. The summed E-state index contributed by atoms with van der Waals surface area (Å²) in [5, 5.41) is 10.9. The lowest BCUT2D eigenvalue weighted by Crippen LogP contribution is -2.37. The van der Waals surface area contributed by atoms with E-state index in [0.717, 1.165) is 67.2 Å². The van der Waals surface area contributed by atoms with Crippen LogP contribution in [-0.2, 0) is 21.3 Å². The van der Waals surface area contributed by atoms with Gasteiger partial charge in [-0.05, 0) is 50.1 Å². The minimum atomic E-state index is -3.35. The molecule has 0 radical (unpaired) electrons. The molecule has 1 fully saturated rings. The van der Waals surface area contributed by atoms with Gasteiger partial charge in [0, 0.05) is 43.3 Å². The van der Waals surface area contributed by atoms with Gasteiger partial charge in [0.25, 0.3) is 0 Å². The molecule has 1 aromatic heterocycles. The molecule has 0 saturated carbocycles. The van der Waals surface area contributed by atoms with E-state index in [4.69, 9.17) is 9.47 Å².